The van der Waals surface area contributed by atoms with Crippen molar-refractivity contribution in [3.05, 3.63) is 65.7 Å². The molecular formula is C20H26O3Si2+2. The lowest BCUT2D eigenvalue weighted by molar-refractivity contribution is 0.103. The van der Waals surface area contributed by atoms with Crippen LogP contribution in [0.3, 0.4) is 0 Å². The number of hydrogen-bond donors (Lipinski definition) is 0. The third kappa shape index (κ3) is 7.38. The summed E-state index contributed by atoms with van der Waals surface area (Å²) >= 11 is 0. The Balaban J connectivity index is 1.66. The second-order valence-electron chi connectivity index (χ2n) is 6.31. The van der Waals surface area contributed by atoms with Gasteiger partial charge in [0.05, 0.1) is 18.7 Å². The third-order valence-corrected chi connectivity index (χ3v) is 6.97. The maximum absolute atomic E-state index is 12.3. The minimum atomic E-state index is 0.0387. The summed E-state index contributed by atoms with van der Waals surface area (Å²) in [6.07, 6.45) is 1.02. The van der Waals surface area contributed by atoms with Gasteiger partial charge in [-0.25, -0.2) is 0 Å². The first kappa shape index (κ1) is 19.6. The van der Waals surface area contributed by atoms with E-state index in [0.29, 0.717) is 17.7 Å². The van der Waals surface area contributed by atoms with Crippen molar-refractivity contribution in [2.24, 2.45) is 5.92 Å². The molecule has 130 valence electrons. The molecule has 0 saturated heterocycles. The molecule has 0 radical (unpaired) electrons. The zero-order valence-electron chi connectivity index (χ0n) is 15.0. The number of carbonyl (C=O) groups is 1. The van der Waals surface area contributed by atoms with Crippen molar-refractivity contribution >= 4 is 25.3 Å². The fourth-order valence-corrected chi connectivity index (χ4v) is 4.45. The Bertz CT molecular complexity index is 627. The molecule has 0 aliphatic heterocycles. The molecule has 0 heterocycles. The normalized spacial score (nSPS) is 10.5. The highest BCUT2D eigenvalue weighted by atomic mass is 28.3. The summed E-state index contributed by atoms with van der Waals surface area (Å²) < 4.78 is 11.5. The largest absolute Gasteiger partial charge is 0.512 e. The number of benzene rings is 2. The molecule has 0 aromatic heterocycles. The van der Waals surface area contributed by atoms with Crippen molar-refractivity contribution in [2.75, 3.05) is 6.61 Å². The summed E-state index contributed by atoms with van der Waals surface area (Å²) in [7, 11) is 0.289. The molecule has 0 unspecified atom stereocenters. The standard InChI is InChI=1S/C20H26O3Si2/c1-16(2)15-25-23-24-14-6-13-22-19-11-9-18(10-12-19)20(21)17-7-4-3-5-8-17/h3-5,7-12,16,24-25H,6,13-15H2,1-2H3/q+2. The molecule has 0 fully saturated rings. The number of rotatable bonds is 11. The van der Waals surface area contributed by atoms with Crippen LogP contribution in [0.15, 0.2) is 54.6 Å². The van der Waals surface area contributed by atoms with E-state index < -0.39 is 0 Å². The van der Waals surface area contributed by atoms with Crippen LogP contribution in [0.5, 0.6) is 5.75 Å². The topological polar surface area (TPSA) is 35.5 Å². The monoisotopic (exact) mass is 370 g/mol. The average Bonchev–Trinajstić information content (AvgIpc) is 2.64. The minimum Gasteiger partial charge on any atom is -0.493 e. The van der Waals surface area contributed by atoms with Gasteiger partial charge in [0.15, 0.2) is 5.78 Å². The summed E-state index contributed by atoms with van der Waals surface area (Å²) in [4.78, 5) is 12.3. The van der Waals surface area contributed by atoms with E-state index in [4.69, 9.17) is 8.85 Å². The first-order chi connectivity index (χ1) is 12.2. The quantitative estimate of drug-likeness (QED) is 0.342. The number of carbonyl (C=O) groups excluding carboxylic acids is 1. The highest BCUT2D eigenvalue weighted by Gasteiger charge is 2.16. The minimum absolute atomic E-state index is 0.0387. The number of ether oxygens (including phenoxy) is 1. The summed E-state index contributed by atoms with van der Waals surface area (Å²) in [5, 5.41) is 0. The van der Waals surface area contributed by atoms with Gasteiger partial charge < -0.3 is 4.74 Å². The summed E-state index contributed by atoms with van der Waals surface area (Å²) in [5.74, 6) is 1.59. The molecule has 0 saturated carbocycles. The van der Waals surface area contributed by atoms with Crippen LogP contribution in [0.4, 0.5) is 0 Å². The molecular weight excluding hydrogens is 344 g/mol. The predicted molar refractivity (Wildman–Crippen MR) is 106 cm³/mol. The lowest BCUT2D eigenvalue weighted by Crippen LogP contribution is -2.07. The van der Waals surface area contributed by atoms with Gasteiger partial charge in [-0.15, -0.1) is 4.12 Å². The fourth-order valence-electron chi connectivity index (χ4n) is 2.20. The molecule has 0 spiro atoms. The molecule has 2 aromatic rings. The van der Waals surface area contributed by atoms with Crippen LogP contribution in [-0.2, 0) is 4.12 Å². The Hall–Kier alpha value is -1.70. The van der Waals surface area contributed by atoms with E-state index in [1.165, 1.54) is 6.04 Å². The first-order valence-corrected chi connectivity index (χ1v) is 11.4. The second-order valence-corrected chi connectivity index (χ2v) is 9.11. The van der Waals surface area contributed by atoms with Crippen LogP contribution in [0.25, 0.3) is 0 Å². The molecule has 3 nitrogen and oxygen atoms in total. The van der Waals surface area contributed by atoms with Crippen molar-refractivity contribution in [2.45, 2.75) is 32.4 Å². The molecule has 0 bridgehead atoms. The maximum atomic E-state index is 12.3. The van der Waals surface area contributed by atoms with E-state index in [2.05, 4.69) is 13.8 Å². The van der Waals surface area contributed by atoms with Gasteiger partial charge in [-0.05, 0) is 30.2 Å². The molecule has 2 rings (SSSR count). The van der Waals surface area contributed by atoms with Crippen molar-refractivity contribution in [3.8, 4) is 5.75 Å². The number of ketones is 1. The Morgan fingerprint density at radius 2 is 1.64 bits per heavy atom. The fraction of sp³-hybridized carbons (Fsp3) is 0.350. The van der Waals surface area contributed by atoms with Crippen LogP contribution in [0, 0.1) is 5.92 Å². The van der Waals surface area contributed by atoms with Gasteiger partial charge in [0.1, 0.15) is 5.75 Å². The van der Waals surface area contributed by atoms with Gasteiger partial charge in [-0.3, -0.25) is 4.79 Å². The Morgan fingerprint density at radius 1 is 0.960 bits per heavy atom. The van der Waals surface area contributed by atoms with Gasteiger partial charge in [0.25, 0.3) is 0 Å². The molecule has 0 N–H and O–H groups in total. The summed E-state index contributed by atoms with van der Waals surface area (Å²) in [5.41, 5.74) is 1.39. The average molecular weight is 371 g/mol. The van der Waals surface area contributed by atoms with E-state index in [0.717, 1.165) is 24.1 Å². The van der Waals surface area contributed by atoms with Crippen molar-refractivity contribution in [3.63, 3.8) is 0 Å². The first-order valence-electron chi connectivity index (χ1n) is 8.78. The maximum Gasteiger partial charge on any atom is 0.512 e. The van der Waals surface area contributed by atoms with E-state index in [1.54, 1.807) is 0 Å². The molecule has 25 heavy (non-hydrogen) atoms. The SMILES string of the molecule is CC(C)C[SiH+]O[SiH+]CCCOc1ccc(C(=O)c2ccccc2)cc1. The van der Waals surface area contributed by atoms with E-state index in [-0.39, 0.29) is 25.3 Å². The van der Waals surface area contributed by atoms with Crippen LogP contribution in [-0.4, -0.2) is 31.9 Å². The molecule has 0 atom stereocenters. The smallest absolute Gasteiger partial charge is 0.493 e. The van der Waals surface area contributed by atoms with E-state index >= 15 is 0 Å². The highest BCUT2D eigenvalue weighted by molar-refractivity contribution is 6.42. The zero-order valence-corrected chi connectivity index (χ0v) is 17.3. The van der Waals surface area contributed by atoms with Gasteiger partial charge in [0, 0.05) is 17.5 Å². The zero-order chi connectivity index (χ0) is 17.9. The lowest BCUT2D eigenvalue weighted by Gasteiger charge is -2.06. The van der Waals surface area contributed by atoms with Gasteiger partial charge in [-0.2, -0.15) is 0 Å². The van der Waals surface area contributed by atoms with Crippen LogP contribution in [0.2, 0.25) is 12.1 Å². The Labute approximate surface area is 155 Å². The van der Waals surface area contributed by atoms with Gasteiger partial charge in [-0.1, -0.05) is 44.2 Å². The summed E-state index contributed by atoms with van der Waals surface area (Å²) in [6, 6.07) is 19.0. The van der Waals surface area contributed by atoms with Crippen LogP contribution < -0.4 is 4.74 Å². The van der Waals surface area contributed by atoms with E-state index in [9.17, 15) is 4.79 Å². The summed E-state index contributed by atoms with van der Waals surface area (Å²) in [6.45, 7) is 5.16. The second kappa shape index (κ2) is 11.0. The third-order valence-electron chi connectivity index (χ3n) is 3.65. The lowest BCUT2D eigenvalue weighted by atomic mass is 10.0. The van der Waals surface area contributed by atoms with E-state index in [1.807, 2.05) is 54.6 Å². The van der Waals surface area contributed by atoms with Gasteiger partial charge in [0.2, 0.25) is 0 Å². The number of hydrogen-bond acceptors (Lipinski definition) is 3. The molecule has 2 aromatic carbocycles. The Kier molecular flexibility index (Phi) is 8.65. The van der Waals surface area contributed by atoms with Crippen molar-refractivity contribution in [1.29, 1.82) is 0 Å². The molecule has 0 amide bonds. The predicted octanol–water partition coefficient (Wildman–Crippen LogP) is 3.90. The van der Waals surface area contributed by atoms with Crippen LogP contribution in [0.1, 0.15) is 36.2 Å². The van der Waals surface area contributed by atoms with Gasteiger partial charge >= 0.3 is 19.5 Å². The van der Waals surface area contributed by atoms with Crippen molar-refractivity contribution < 1.29 is 13.6 Å². The van der Waals surface area contributed by atoms with Crippen molar-refractivity contribution in [1.82, 2.24) is 0 Å². The molecule has 5 heteroatoms. The highest BCUT2D eigenvalue weighted by Crippen LogP contribution is 2.16. The molecule has 0 aliphatic carbocycles. The molecule has 0 aliphatic rings. The van der Waals surface area contributed by atoms with Crippen LogP contribution >= 0.6 is 0 Å². The Morgan fingerprint density at radius 3 is 2.32 bits per heavy atom.